The van der Waals surface area contributed by atoms with Crippen molar-refractivity contribution in [2.75, 3.05) is 53.5 Å². The topological polar surface area (TPSA) is 227 Å². The number of benzene rings is 3. The fourth-order valence-electron chi connectivity index (χ4n) is 11.1. The normalized spacial score (nSPS) is 17.8. The minimum Gasteiger partial charge on any atom is -0.508 e. The number of rotatable bonds is 15. The van der Waals surface area contributed by atoms with Crippen LogP contribution in [0.3, 0.4) is 0 Å². The van der Waals surface area contributed by atoms with E-state index in [2.05, 4.69) is 20.4 Å². The number of aromatic nitrogens is 5. The van der Waals surface area contributed by atoms with Crippen molar-refractivity contribution in [2.24, 2.45) is 5.92 Å². The first-order valence-electron chi connectivity index (χ1n) is 25.8. The molecule has 3 amide bonds. The third-order valence-corrected chi connectivity index (χ3v) is 15.4. The van der Waals surface area contributed by atoms with E-state index in [4.69, 9.17) is 19.2 Å². The van der Waals surface area contributed by atoms with Crippen LogP contribution in [0.2, 0.25) is 0 Å². The number of aryl methyl sites for hydroxylation is 1. The first-order valence-corrected chi connectivity index (χ1v) is 25.8. The largest absolute Gasteiger partial charge is 0.508 e. The summed E-state index contributed by atoms with van der Waals surface area (Å²) in [6.45, 7) is 12.0. The fraction of sp³-hybridized carbons (Fsp3) is 0.429. The van der Waals surface area contributed by atoms with Crippen molar-refractivity contribution in [3.63, 3.8) is 0 Å². The number of methoxy groups -OCH3 is 1. The lowest BCUT2D eigenvalue weighted by Crippen LogP contribution is -2.50. The quantitative estimate of drug-likeness (QED) is 0.0744. The zero-order chi connectivity index (χ0) is 52.9. The number of piperidine rings is 2. The molecule has 4 aliphatic rings. The van der Waals surface area contributed by atoms with E-state index in [0.29, 0.717) is 103 Å². The molecule has 6 aromatic rings. The number of fused-ring (bicyclic) bond motifs is 4. The molecule has 7 heterocycles. The summed E-state index contributed by atoms with van der Waals surface area (Å²) in [5, 5.41) is 33.6. The first-order chi connectivity index (χ1) is 36.2. The molecular formula is C56H63N9O10. The van der Waals surface area contributed by atoms with Crippen molar-refractivity contribution >= 4 is 35.1 Å². The number of pyridine rings is 2. The molecule has 3 aromatic carbocycles. The van der Waals surface area contributed by atoms with E-state index >= 15 is 0 Å². The summed E-state index contributed by atoms with van der Waals surface area (Å²) < 4.78 is 20.2. The number of nitrogens with zero attached hydrogens (tertiary/aromatic N) is 8. The highest BCUT2D eigenvalue weighted by molar-refractivity contribution is 5.92. The average Bonchev–Trinajstić information content (AvgIpc) is 4.01. The molecule has 0 aliphatic carbocycles. The number of aromatic hydroxyl groups is 2. The van der Waals surface area contributed by atoms with Crippen LogP contribution in [0.15, 0.2) is 65.5 Å². The Hall–Kier alpha value is -7.48. The lowest BCUT2D eigenvalue weighted by Gasteiger charge is -2.39. The maximum absolute atomic E-state index is 13.9. The summed E-state index contributed by atoms with van der Waals surface area (Å²) >= 11 is 0. The lowest BCUT2D eigenvalue weighted by atomic mass is 9.93. The number of likely N-dealkylation sites (tertiary alicyclic amines) is 2. The van der Waals surface area contributed by atoms with E-state index in [9.17, 15) is 34.2 Å². The molecule has 392 valence electrons. The molecule has 0 radical (unpaired) electrons. The van der Waals surface area contributed by atoms with Crippen LogP contribution in [0.1, 0.15) is 103 Å². The van der Waals surface area contributed by atoms with Crippen LogP contribution in [-0.4, -0.2) is 133 Å². The molecule has 4 aliphatic heterocycles. The van der Waals surface area contributed by atoms with Gasteiger partial charge in [-0.2, -0.15) is 0 Å². The van der Waals surface area contributed by atoms with E-state index in [1.54, 1.807) is 33.2 Å². The van der Waals surface area contributed by atoms with Gasteiger partial charge >= 0.3 is 6.09 Å². The molecule has 75 heavy (non-hydrogen) atoms. The highest BCUT2D eigenvalue weighted by Crippen LogP contribution is 2.43. The van der Waals surface area contributed by atoms with Crippen LogP contribution in [0.5, 0.6) is 17.2 Å². The number of phenolic OH excluding ortho intramolecular Hbond substituents is 2. The van der Waals surface area contributed by atoms with Gasteiger partial charge < -0.3 is 44.1 Å². The molecule has 3 saturated heterocycles. The van der Waals surface area contributed by atoms with Gasteiger partial charge in [0.15, 0.2) is 17.7 Å². The first kappa shape index (κ1) is 51.0. The molecular weight excluding hydrogens is 959 g/mol. The molecule has 3 fully saturated rings. The number of ether oxygens (including phenoxy) is 3. The van der Waals surface area contributed by atoms with Crippen molar-refractivity contribution in [2.45, 2.75) is 97.1 Å². The van der Waals surface area contributed by atoms with Gasteiger partial charge in [-0.15, -0.1) is 10.2 Å². The van der Waals surface area contributed by atoms with E-state index < -0.39 is 17.6 Å². The number of carbonyl (C=O) groups excluding carboxylic acids is 4. The Kier molecular flexibility index (Phi) is 14.1. The predicted octanol–water partition coefficient (Wildman–Crippen LogP) is 6.42. The van der Waals surface area contributed by atoms with Gasteiger partial charge in [-0.25, -0.2) is 9.78 Å². The Balaban J connectivity index is 0.736. The monoisotopic (exact) mass is 1020 g/mol. The maximum atomic E-state index is 13.9. The highest BCUT2D eigenvalue weighted by atomic mass is 16.6. The summed E-state index contributed by atoms with van der Waals surface area (Å²) in [7, 11) is 3.25. The Morgan fingerprint density at radius 1 is 0.947 bits per heavy atom. The van der Waals surface area contributed by atoms with Gasteiger partial charge in [-0.1, -0.05) is 32.9 Å². The summed E-state index contributed by atoms with van der Waals surface area (Å²) in [5.74, 6) is 0.130. The van der Waals surface area contributed by atoms with Crippen molar-refractivity contribution < 1.29 is 43.6 Å². The van der Waals surface area contributed by atoms with Crippen molar-refractivity contribution in [3.05, 3.63) is 110 Å². The van der Waals surface area contributed by atoms with Gasteiger partial charge in [-0.3, -0.25) is 28.6 Å². The van der Waals surface area contributed by atoms with Crippen molar-refractivity contribution in [1.82, 2.24) is 44.3 Å². The zero-order valence-corrected chi connectivity index (χ0v) is 43.2. The minimum atomic E-state index is -1.16. The average molecular weight is 1020 g/mol. The third kappa shape index (κ3) is 9.52. The van der Waals surface area contributed by atoms with Crippen molar-refractivity contribution in [3.8, 4) is 45.7 Å². The Bertz CT molecular complexity index is 3270. The van der Waals surface area contributed by atoms with Crippen LogP contribution >= 0.6 is 0 Å². The summed E-state index contributed by atoms with van der Waals surface area (Å²) in [4.78, 5) is 77.6. The van der Waals surface area contributed by atoms with Gasteiger partial charge in [0.1, 0.15) is 17.2 Å². The van der Waals surface area contributed by atoms with E-state index in [1.807, 2.05) is 75.1 Å². The van der Waals surface area contributed by atoms with Gasteiger partial charge in [-0.05, 0) is 117 Å². The van der Waals surface area contributed by atoms with Crippen LogP contribution in [0.4, 0.5) is 4.79 Å². The second kappa shape index (κ2) is 20.7. The number of nitrogens with one attached hydrogen (secondary N) is 1. The lowest BCUT2D eigenvalue weighted by molar-refractivity contribution is -0.138. The zero-order valence-electron chi connectivity index (χ0n) is 43.2. The van der Waals surface area contributed by atoms with Crippen LogP contribution in [0.25, 0.3) is 39.4 Å². The summed E-state index contributed by atoms with van der Waals surface area (Å²) in [5.41, 5.74) is 6.04. The smallest absolute Gasteiger partial charge is 0.415 e. The highest BCUT2D eigenvalue weighted by Gasteiger charge is 2.49. The number of amides is 3. The number of epoxide rings is 1. The molecule has 10 rings (SSSR count). The minimum absolute atomic E-state index is 0.0260. The fourth-order valence-corrected chi connectivity index (χ4v) is 11.1. The molecule has 19 nitrogen and oxygen atoms in total. The molecule has 0 saturated carbocycles. The van der Waals surface area contributed by atoms with Crippen LogP contribution in [0, 0.1) is 5.92 Å². The van der Waals surface area contributed by atoms with E-state index in [0.717, 1.165) is 54.3 Å². The Morgan fingerprint density at radius 2 is 1.68 bits per heavy atom. The second-order valence-electron chi connectivity index (χ2n) is 20.4. The Labute approximate surface area is 434 Å². The van der Waals surface area contributed by atoms with Gasteiger partial charge in [0.2, 0.25) is 11.7 Å². The van der Waals surface area contributed by atoms with Gasteiger partial charge in [0.25, 0.3) is 11.5 Å². The molecule has 3 aromatic heterocycles. The number of phenols is 2. The van der Waals surface area contributed by atoms with E-state index in [1.165, 1.54) is 13.2 Å². The molecule has 1 atom stereocenters. The molecule has 1 unspecified atom stereocenters. The number of hydrogen-bond acceptors (Lipinski definition) is 14. The SMILES string of the molecule is CCNC(=O)c1nnc(-c2cc(C(C)C)c(O)cc2O)n1-c1ccc(CN2CCC(C(=O)N3CCC(N(C)C(=O)Oc4ccc5nc6c(c(CC)c5c4)Cn4c-6cc(C5(C=O)CO5)c(COC)c4=O)CC3)CC2)cc1. The van der Waals surface area contributed by atoms with Crippen LogP contribution < -0.4 is 15.6 Å². The third-order valence-electron chi connectivity index (χ3n) is 15.4. The van der Waals surface area contributed by atoms with Crippen molar-refractivity contribution in [1.29, 1.82) is 0 Å². The predicted molar refractivity (Wildman–Crippen MR) is 278 cm³/mol. The van der Waals surface area contributed by atoms with Gasteiger partial charge in [0, 0.05) is 86.1 Å². The number of aldehydes is 1. The molecule has 19 heteroatoms. The summed E-state index contributed by atoms with van der Waals surface area (Å²) in [6.07, 6.45) is 3.63. The molecule has 3 N–H and O–H groups in total. The second-order valence-corrected chi connectivity index (χ2v) is 20.4. The maximum Gasteiger partial charge on any atom is 0.415 e. The summed E-state index contributed by atoms with van der Waals surface area (Å²) in [6, 6.07) is 17.9. The Morgan fingerprint density at radius 3 is 2.33 bits per heavy atom. The van der Waals surface area contributed by atoms with Crippen LogP contribution in [-0.2, 0) is 50.8 Å². The van der Waals surface area contributed by atoms with Gasteiger partial charge in [0.05, 0.1) is 42.2 Å². The van der Waals surface area contributed by atoms with E-state index in [-0.39, 0.29) is 65.7 Å². The number of carbonyl (C=O) groups is 4. The molecule has 0 spiro atoms. The molecule has 0 bridgehead atoms. The standard InChI is InChI=1S/C56H63N9O10/c1-7-38-40-23-37(13-14-45(40)58-49-42(38)28-64-46(49)25-44(56(30-66)31-74-56)43(29-73-6)54(64)71)75-55(72)61(5)35-17-21-63(22-18-35)53(70)34-15-19-62(20-16-34)27-33-9-11-36(12-10-33)65-50(59-60-51(65)52(69)57-8-2)41-24-39(32(3)4)47(67)26-48(41)68/h9-14,23-26,30,32,34-35,67-68H,7-8,15-22,27-29,31H2,1-6H3,(H,57,69). The number of hydrogen-bond donors (Lipinski definition) is 3.